The molecule has 1 aliphatic heterocycles. The molecule has 23 heavy (non-hydrogen) atoms. The van der Waals surface area contributed by atoms with Crippen molar-refractivity contribution in [2.75, 3.05) is 13.1 Å². The van der Waals surface area contributed by atoms with Gasteiger partial charge in [0.25, 0.3) is 0 Å². The van der Waals surface area contributed by atoms with Crippen molar-refractivity contribution in [2.45, 2.75) is 78.9 Å². The maximum atomic E-state index is 12.7. The molecule has 1 rings (SSSR count). The molecular formula is C18H34N2O3. The number of hydrogen-bond donors (Lipinski definition) is 1. The van der Waals surface area contributed by atoms with Crippen LogP contribution in [0.5, 0.6) is 0 Å². The van der Waals surface area contributed by atoms with Crippen LogP contribution >= 0.6 is 0 Å². The Morgan fingerprint density at radius 2 is 1.78 bits per heavy atom. The van der Waals surface area contributed by atoms with Crippen molar-refractivity contribution in [1.82, 2.24) is 10.2 Å². The number of rotatable bonds is 5. The first-order chi connectivity index (χ1) is 10.7. The zero-order valence-corrected chi connectivity index (χ0v) is 15.6. The molecule has 2 unspecified atom stereocenters. The van der Waals surface area contributed by atoms with E-state index in [1.165, 1.54) is 0 Å². The maximum Gasteiger partial charge on any atom is 0.407 e. The van der Waals surface area contributed by atoms with Crippen LogP contribution in [-0.2, 0) is 9.53 Å². The highest BCUT2D eigenvalue weighted by molar-refractivity contribution is 5.79. The Kier molecular flexibility index (Phi) is 7.36. The van der Waals surface area contributed by atoms with Crippen LogP contribution in [0, 0.1) is 11.8 Å². The van der Waals surface area contributed by atoms with Crippen molar-refractivity contribution in [3.05, 3.63) is 0 Å². The van der Waals surface area contributed by atoms with Gasteiger partial charge < -0.3 is 15.0 Å². The lowest BCUT2D eigenvalue weighted by Gasteiger charge is -2.39. The van der Waals surface area contributed by atoms with Crippen LogP contribution in [-0.4, -0.2) is 41.6 Å². The van der Waals surface area contributed by atoms with Gasteiger partial charge in [0.1, 0.15) is 5.60 Å². The van der Waals surface area contributed by atoms with E-state index in [1.807, 2.05) is 25.7 Å². The van der Waals surface area contributed by atoms with Gasteiger partial charge in [-0.2, -0.15) is 0 Å². The van der Waals surface area contributed by atoms with Crippen LogP contribution in [0.25, 0.3) is 0 Å². The summed E-state index contributed by atoms with van der Waals surface area (Å²) in [6.07, 6.45) is 3.26. The summed E-state index contributed by atoms with van der Waals surface area (Å²) >= 11 is 0. The van der Waals surface area contributed by atoms with Crippen molar-refractivity contribution in [1.29, 1.82) is 0 Å². The molecular weight excluding hydrogens is 292 g/mol. The summed E-state index contributed by atoms with van der Waals surface area (Å²) in [7, 11) is 0. The highest BCUT2D eigenvalue weighted by Gasteiger charge is 2.32. The predicted octanol–water partition coefficient (Wildman–Crippen LogP) is 3.57. The minimum Gasteiger partial charge on any atom is -0.444 e. The molecule has 5 nitrogen and oxygen atoms in total. The fourth-order valence-electron chi connectivity index (χ4n) is 3.15. The quantitative estimate of drug-likeness (QED) is 0.840. The molecule has 0 aromatic carbocycles. The summed E-state index contributed by atoms with van der Waals surface area (Å²) in [5, 5.41) is 2.94. The van der Waals surface area contributed by atoms with Crippen molar-refractivity contribution >= 4 is 12.0 Å². The molecule has 0 aromatic rings. The molecule has 2 atom stereocenters. The first-order valence-corrected chi connectivity index (χ1v) is 8.98. The van der Waals surface area contributed by atoms with Gasteiger partial charge in [-0.25, -0.2) is 4.79 Å². The molecule has 134 valence electrons. The van der Waals surface area contributed by atoms with Crippen LogP contribution in [0.1, 0.15) is 67.2 Å². The van der Waals surface area contributed by atoms with Crippen LogP contribution in [0.2, 0.25) is 0 Å². The molecule has 5 heteroatoms. The molecule has 1 saturated heterocycles. The maximum absolute atomic E-state index is 12.7. The number of carbonyl (C=O) groups is 2. The molecule has 1 fully saturated rings. The topological polar surface area (TPSA) is 58.6 Å². The number of hydrogen-bond acceptors (Lipinski definition) is 3. The summed E-state index contributed by atoms with van der Waals surface area (Å²) in [6.45, 7) is 13.2. The average molecular weight is 326 g/mol. The number of alkyl carbamates (subject to hydrolysis) is 1. The molecule has 0 saturated carbocycles. The molecule has 1 aliphatic rings. The Bertz CT molecular complexity index is 400. The summed E-state index contributed by atoms with van der Waals surface area (Å²) in [6, 6.07) is -0.0261. The van der Waals surface area contributed by atoms with Gasteiger partial charge >= 0.3 is 6.09 Å². The van der Waals surface area contributed by atoms with Crippen molar-refractivity contribution in [3.8, 4) is 0 Å². The fourth-order valence-corrected chi connectivity index (χ4v) is 3.15. The third kappa shape index (κ3) is 6.40. The van der Waals surface area contributed by atoms with E-state index in [-0.39, 0.29) is 17.9 Å². The first-order valence-electron chi connectivity index (χ1n) is 8.98. The van der Waals surface area contributed by atoms with E-state index in [9.17, 15) is 9.59 Å². The van der Waals surface area contributed by atoms with Gasteiger partial charge in [0.15, 0.2) is 0 Å². The zero-order chi connectivity index (χ0) is 17.6. The van der Waals surface area contributed by atoms with Gasteiger partial charge in [0.05, 0.1) is 6.04 Å². The molecule has 0 radical (unpaired) electrons. The monoisotopic (exact) mass is 326 g/mol. The number of likely N-dealkylation sites (tertiary alicyclic amines) is 1. The number of piperidine rings is 1. The van der Waals surface area contributed by atoms with E-state index in [1.54, 1.807) is 0 Å². The molecule has 0 bridgehead atoms. The number of nitrogens with zero attached hydrogens (tertiary/aromatic N) is 1. The van der Waals surface area contributed by atoms with Crippen LogP contribution < -0.4 is 5.32 Å². The van der Waals surface area contributed by atoms with Crippen molar-refractivity contribution in [3.63, 3.8) is 0 Å². The largest absolute Gasteiger partial charge is 0.444 e. The van der Waals surface area contributed by atoms with Crippen molar-refractivity contribution in [2.24, 2.45) is 11.8 Å². The van der Waals surface area contributed by atoms with E-state index >= 15 is 0 Å². The predicted molar refractivity (Wildman–Crippen MR) is 92.2 cm³/mol. The van der Waals surface area contributed by atoms with Gasteiger partial charge in [-0.1, -0.05) is 27.2 Å². The van der Waals surface area contributed by atoms with E-state index in [0.717, 1.165) is 32.2 Å². The second-order valence-electron chi connectivity index (χ2n) is 7.61. The Balaban J connectivity index is 2.70. The van der Waals surface area contributed by atoms with Crippen LogP contribution in [0.4, 0.5) is 4.79 Å². The standard InChI is InChI=1S/C18H34N2O3/c1-7-13-10-15(19-17(22)23-18(4,5)6)12-20(11-13)16(21)14(8-2)9-3/h13-15H,7-12H2,1-6H3,(H,19,22). The Labute approximate surface area is 141 Å². The minimum atomic E-state index is -0.506. The lowest BCUT2D eigenvalue weighted by molar-refractivity contribution is -0.138. The number of carbonyl (C=O) groups excluding carboxylic acids is 2. The Hall–Kier alpha value is -1.26. The molecule has 0 aromatic heterocycles. The molecule has 1 heterocycles. The Morgan fingerprint density at radius 1 is 1.17 bits per heavy atom. The highest BCUT2D eigenvalue weighted by atomic mass is 16.6. The second-order valence-corrected chi connectivity index (χ2v) is 7.61. The van der Waals surface area contributed by atoms with Crippen LogP contribution in [0.15, 0.2) is 0 Å². The summed E-state index contributed by atoms with van der Waals surface area (Å²) in [5.74, 6) is 0.749. The molecule has 2 amide bonds. The number of amides is 2. The normalized spacial score (nSPS) is 22.1. The zero-order valence-electron chi connectivity index (χ0n) is 15.6. The highest BCUT2D eigenvalue weighted by Crippen LogP contribution is 2.23. The lowest BCUT2D eigenvalue weighted by Crippen LogP contribution is -2.54. The molecule has 1 N–H and O–H groups in total. The smallest absolute Gasteiger partial charge is 0.407 e. The Morgan fingerprint density at radius 3 is 2.26 bits per heavy atom. The third-order valence-corrected chi connectivity index (χ3v) is 4.48. The lowest BCUT2D eigenvalue weighted by atomic mass is 9.90. The van der Waals surface area contributed by atoms with Gasteiger partial charge in [-0.05, 0) is 46.0 Å². The number of ether oxygens (including phenoxy) is 1. The van der Waals surface area contributed by atoms with E-state index in [4.69, 9.17) is 4.74 Å². The van der Waals surface area contributed by atoms with Gasteiger partial charge in [-0.15, -0.1) is 0 Å². The third-order valence-electron chi connectivity index (χ3n) is 4.48. The van der Waals surface area contributed by atoms with Crippen LogP contribution in [0.3, 0.4) is 0 Å². The van der Waals surface area contributed by atoms with E-state index < -0.39 is 11.7 Å². The summed E-state index contributed by atoms with van der Waals surface area (Å²) < 4.78 is 5.34. The molecule has 0 spiro atoms. The minimum absolute atomic E-state index is 0.0261. The summed E-state index contributed by atoms with van der Waals surface area (Å²) in [5.41, 5.74) is -0.506. The van der Waals surface area contributed by atoms with Gasteiger partial charge in [0, 0.05) is 19.0 Å². The van der Waals surface area contributed by atoms with Crippen molar-refractivity contribution < 1.29 is 14.3 Å². The first kappa shape index (κ1) is 19.8. The molecule has 0 aliphatic carbocycles. The van der Waals surface area contributed by atoms with Gasteiger partial charge in [-0.3, -0.25) is 4.79 Å². The second kappa shape index (κ2) is 8.55. The number of nitrogens with one attached hydrogen (secondary N) is 1. The van der Waals surface area contributed by atoms with E-state index in [2.05, 4.69) is 26.1 Å². The van der Waals surface area contributed by atoms with E-state index in [0.29, 0.717) is 12.5 Å². The average Bonchev–Trinajstić information content (AvgIpc) is 2.45. The SMILES string of the molecule is CCC1CC(NC(=O)OC(C)(C)C)CN(C(=O)C(CC)CC)C1. The van der Waals surface area contributed by atoms with Gasteiger partial charge in [0.2, 0.25) is 5.91 Å². The summed E-state index contributed by atoms with van der Waals surface area (Å²) in [4.78, 5) is 26.6. The fraction of sp³-hybridized carbons (Fsp3) is 0.889.